The van der Waals surface area contributed by atoms with Gasteiger partial charge in [-0.15, -0.1) is 0 Å². The molecule has 2 N–H and O–H groups in total. The van der Waals surface area contributed by atoms with Crippen molar-refractivity contribution in [3.05, 3.63) is 52.6 Å². The van der Waals surface area contributed by atoms with Crippen LogP contribution in [-0.4, -0.2) is 17.4 Å². The second-order valence-electron chi connectivity index (χ2n) is 4.57. The lowest BCUT2D eigenvalue weighted by Gasteiger charge is -2.18. The van der Waals surface area contributed by atoms with Crippen LogP contribution in [0, 0.1) is 5.82 Å². The summed E-state index contributed by atoms with van der Waals surface area (Å²) in [6, 6.07) is 5.88. The summed E-state index contributed by atoms with van der Waals surface area (Å²) in [5.41, 5.74) is 7.83. The van der Waals surface area contributed by atoms with Crippen molar-refractivity contribution in [1.29, 1.82) is 0 Å². The van der Waals surface area contributed by atoms with E-state index in [1.807, 2.05) is 0 Å². The van der Waals surface area contributed by atoms with Crippen LogP contribution in [-0.2, 0) is 6.42 Å². The van der Waals surface area contributed by atoms with E-state index in [0.29, 0.717) is 18.7 Å². The molecule has 102 valence electrons. The lowest BCUT2D eigenvalue weighted by molar-refractivity contribution is 0.0990. The van der Waals surface area contributed by atoms with Gasteiger partial charge in [0.05, 0.1) is 23.1 Å². The van der Waals surface area contributed by atoms with E-state index in [2.05, 4.69) is 4.98 Å². The van der Waals surface area contributed by atoms with Gasteiger partial charge in [0, 0.05) is 6.54 Å². The third-order valence-corrected chi connectivity index (χ3v) is 3.53. The van der Waals surface area contributed by atoms with E-state index in [9.17, 15) is 9.18 Å². The minimum Gasteiger partial charge on any atom is -0.397 e. The summed E-state index contributed by atoms with van der Waals surface area (Å²) in [5.74, 6) is -0.666. The highest BCUT2D eigenvalue weighted by Gasteiger charge is 2.27. The van der Waals surface area contributed by atoms with Crippen molar-refractivity contribution >= 4 is 28.9 Å². The molecular formula is C14H11ClFN3O. The summed E-state index contributed by atoms with van der Waals surface area (Å²) >= 11 is 5.80. The Kier molecular flexibility index (Phi) is 3.06. The quantitative estimate of drug-likeness (QED) is 0.822. The number of nitrogens with two attached hydrogens (primary N) is 1. The van der Waals surface area contributed by atoms with E-state index in [4.69, 9.17) is 17.3 Å². The van der Waals surface area contributed by atoms with E-state index >= 15 is 0 Å². The summed E-state index contributed by atoms with van der Waals surface area (Å²) < 4.78 is 13.4. The molecule has 20 heavy (non-hydrogen) atoms. The number of rotatable bonds is 1. The lowest BCUT2D eigenvalue weighted by Crippen LogP contribution is -2.29. The highest BCUT2D eigenvalue weighted by Crippen LogP contribution is 2.31. The van der Waals surface area contributed by atoms with Crippen molar-refractivity contribution in [2.45, 2.75) is 6.42 Å². The zero-order valence-electron chi connectivity index (χ0n) is 10.4. The number of carbonyl (C=O) groups is 1. The van der Waals surface area contributed by atoms with Gasteiger partial charge in [-0.3, -0.25) is 4.79 Å². The zero-order valence-corrected chi connectivity index (χ0v) is 11.2. The lowest BCUT2D eigenvalue weighted by atomic mass is 10.1. The fourth-order valence-electron chi connectivity index (χ4n) is 2.33. The van der Waals surface area contributed by atoms with Crippen LogP contribution in [0.25, 0.3) is 0 Å². The van der Waals surface area contributed by atoms with E-state index in [1.54, 1.807) is 6.07 Å². The first kappa shape index (κ1) is 12.9. The Bertz CT molecular complexity index is 705. The topological polar surface area (TPSA) is 59.2 Å². The molecular weight excluding hydrogens is 281 g/mol. The summed E-state index contributed by atoms with van der Waals surface area (Å²) in [4.78, 5) is 17.9. The molecule has 0 fully saturated rings. The summed E-state index contributed by atoms with van der Waals surface area (Å²) in [6.07, 6.45) is 2.04. The minimum absolute atomic E-state index is 0.196. The van der Waals surface area contributed by atoms with E-state index in [-0.39, 0.29) is 28.1 Å². The molecule has 1 amide bonds. The number of aromatic nitrogens is 1. The smallest absolute Gasteiger partial charge is 0.260 e. The van der Waals surface area contributed by atoms with Crippen molar-refractivity contribution in [2.24, 2.45) is 0 Å². The molecule has 6 heteroatoms. The van der Waals surface area contributed by atoms with Gasteiger partial charge in [-0.05, 0) is 30.2 Å². The van der Waals surface area contributed by atoms with Crippen LogP contribution < -0.4 is 10.6 Å². The first-order valence-electron chi connectivity index (χ1n) is 6.07. The normalized spacial score (nSPS) is 13.4. The Labute approximate surface area is 120 Å². The zero-order chi connectivity index (χ0) is 14.3. The molecule has 0 radical (unpaired) electrons. The number of fused-ring (bicyclic) bond motifs is 1. The maximum Gasteiger partial charge on any atom is 0.260 e. The highest BCUT2D eigenvalue weighted by atomic mass is 35.5. The van der Waals surface area contributed by atoms with Gasteiger partial charge in [0.15, 0.2) is 0 Å². The average molecular weight is 292 g/mol. The van der Waals surface area contributed by atoms with Gasteiger partial charge in [-0.25, -0.2) is 9.37 Å². The van der Waals surface area contributed by atoms with Crippen LogP contribution in [0.5, 0.6) is 0 Å². The molecule has 0 bridgehead atoms. The van der Waals surface area contributed by atoms with E-state index < -0.39 is 0 Å². The second kappa shape index (κ2) is 4.76. The fourth-order valence-corrected chi connectivity index (χ4v) is 2.49. The number of pyridine rings is 1. The highest BCUT2D eigenvalue weighted by molar-refractivity contribution is 6.30. The molecule has 3 rings (SSSR count). The van der Waals surface area contributed by atoms with Gasteiger partial charge >= 0.3 is 0 Å². The van der Waals surface area contributed by atoms with Crippen molar-refractivity contribution < 1.29 is 9.18 Å². The van der Waals surface area contributed by atoms with Crippen LogP contribution >= 0.6 is 11.6 Å². The molecule has 1 aliphatic rings. The maximum absolute atomic E-state index is 13.4. The van der Waals surface area contributed by atoms with Gasteiger partial charge in [0.1, 0.15) is 11.0 Å². The molecule has 2 aromatic rings. The summed E-state index contributed by atoms with van der Waals surface area (Å²) in [7, 11) is 0. The molecule has 2 heterocycles. The molecule has 0 atom stereocenters. The van der Waals surface area contributed by atoms with Crippen LogP contribution in [0.4, 0.5) is 15.8 Å². The van der Waals surface area contributed by atoms with Crippen LogP contribution in [0.1, 0.15) is 15.9 Å². The molecule has 4 nitrogen and oxygen atoms in total. The average Bonchev–Trinajstić information content (AvgIpc) is 2.83. The summed E-state index contributed by atoms with van der Waals surface area (Å²) in [5, 5.41) is 0.196. The molecule has 1 aliphatic heterocycles. The fraction of sp³-hybridized carbons (Fsp3) is 0.143. The van der Waals surface area contributed by atoms with Gasteiger partial charge in [-0.2, -0.15) is 0 Å². The molecule has 0 saturated carbocycles. The number of amides is 1. The number of nitrogens with zero attached hydrogens (tertiary/aromatic N) is 2. The summed E-state index contributed by atoms with van der Waals surface area (Å²) in [6.45, 7) is 0.497. The minimum atomic E-state index is -0.371. The monoisotopic (exact) mass is 291 g/mol. The third-order valence-electron chi connectivity index (χ3n) is 3.32. The van der Waals surface area contributed by atoms with Gasteiger partial charge in [0.25, 0.3) is 5.91 Å². The van der Waals surface area contributed by atoms with Crippen LogP contribution in [0.15, 0.2) is 30.5 Å². The SMILES string of the molecule is Nc1cnc(Cl)cc1C(=O)N1CCc2ccc(F)cc21. The van der Waals surface area contributed by atoms with Crippen molar-refractivity contribution in [3.63, 3.8) is 0 Å². The number of carbonyl (C=O) groups excluding carboxylic acids is 1. The number of anilines is 2. The van der Waals surface area contributed by atoms with Gasteiger partial charge in [-0.1, -0.05) is 17.7 Å². The second-order valence-corrected chi connectivity index (χ2v) is 4.96. The van der Waals surface area contributed by atoms with Crippen molar-refractivity contribution in [2.75, 3.05) is 17.2 Å². The number of benzene rings is 1. The predicted molar refractivity (Wildman–Crippen MR) is 75.4 cm³/mol. The first-order valence-corrected chi connectivity index (χ1v) is 6.45. The number of halogens is 2. The van der Waals surface area contributed by atoms with Crippen molar-refractivity contribution in [1.82, 2.24) is 4.98 Å². The van der Waals surface area contributed by atoms with E-state index in [1.165, 1.54) is 29.3 Å². The number of hydrogen-bond acceptors (Lipinski definition) is 3. The van der Waals surface area contributed by atoms with Crippen molar-refractivity contribution in [3.8, 4) is 0 Å². The molecule has 0 saturated heterocycles. The molecule has 1 aromatic heterocycles. The standard InChI is InChI=1S/C14H11ClFN3O/c15-13-6-10(11(17)7-18-13)14(20)19-4-3-8-1-2-9(16)5-12(8)19/h1-2,5-7H,3-4,17H2. The first-order chi connectivity index (χ1) is 9.56. The molecule has 1 aromatic carbocycles. The Morgan fingerprint density at radius 3 is 3.00 bits per heavy atom. The Hall–Kier alpha value is -2.14. The maximum atomic E-state index is 13.4. The van der Waals surface area contributed by atoms with Crippen LogP contribution in [0.3, 0.4) is 0 Å². The Balaban J connectivity index is 2.01. The number of nitrogen functional groups attached to an aromatic ring is 1. The molecule has 0 unspecified atom stereocenters. The Morgan fingerprint density at radius 2 is 2.20 bits per heavy atom. The van der Waals surface area contributed by atoms with Gasteiger partial charge < -0.3 is 10.6 Å². The van der Waals surface area contributed by atoms with Gasteiger partial charge in [0.2, 0.25) is 0 Å². The van der Waals surface area contributed by atoms with Crippen LogP contribution in [0.2, 0.25) is 5.15 Å². The Morgan fingerprint density at radius 1 is 1.40 bits per heavy atom. The predicted octanol–water partition coefficient (Wildman–Crippen LogP) is 2.66. The van der Waals surface area contributed by atoms with E-state index in [0.717, 1.165) is 5.56 Å². The number of hydrogen-bond donors (Lipinski definition) is 1. The third kappa shape index (κ3) is 2.10. The molecule has 0 spiro atoms. The largest absolute Gasteiger partial charge is 0.397 e. The molecule has 0 aliphatic carbocycles.